The van der Waals surface area contributed by atoms with Crippen LogP contribution in [-0.2, 0) is 19.1 Å². The summed E-state index contributed by atoms with van der Waals surface area (Å²) in [6.07, 6.45) is 0.385. The molecule has 0 saturated carbocycles. The number of carbonyl (C=O) groups is 2. The molecule has 0 aromatic carbocycles. The lowest BCUT2D eigenvalue weighted by Crippen LogP contribution is -2.30. The van der Waals surface area contributed by atoms with E-state index in [0.717, 1.165) is 0 Å². The van der Waals surface area contributed by atoms with Gasteiger partial charge in [-0.05, 0) is 0 Å². The lowest BCUT2D eigenvalue weighted by molar-refractivity contribution is -0.141. The van der Waals surface area contributed by atoms with E-state index in [1.165, 1.54) is 14.2 Å². The van der Waals surface area contributed by atoms with Gasteiger partial charge in [0.1, 0.15) is 0 Å². The van der Waals surface area contributed by atoms with Crippen LogP contribution in [0.1, 0.15) is 12.8 Å². The lowest BCUT2D eigenvalue weighted by Gasteiger charge is -2.17. The molecule has 0 rings (SSSR count). The van der Waals surface area contributed by atoms with Gasteiger partial charge < -0.3 is 14.6 Å². The van der Waals surface area contributed by atoms with Gasteiger partial charge in [0, 0.05) is 13.1 Å². The normalized spacial score (nSPS) is 10.1. The van der Waals surface area contributed by atoms with Crippen LogP contribution in [0.15, 0.2) is 0 Å². The van der Waals surface area contributed by atoms with Gasteiger partial charge in [-0.3, -0.25) is 14.5 Å². The van der Waals surface area contributed by atoms with E-state index in [1.807, 2.05) is 0 Å². The smallest absolute Gasteiger partial charge is 0.306 e. The van der Waals surface area contributed by atoms with Crippen LogP contribution in [0.3, 0.4) is 0 Å². The molecule has 0 aliphatic heterocycles. The Balaban J connectivity index is 3.73. The Labute approximate surface area is 88.8 Å². The first kappa shape index (κ1) is 13.9. The van der Waals surface area contributed by atoms with Gasteiger partial charge in [-0.2, -0.15) is 0 Å². The van der Waals surface area contributed by atoms with E-state index in [0.29, 0.717) is 13.1 Å². The van der Waals surface area contributed by atoms with Crippen LogP contribution >= 0.6 is 0 Å². The molecule has 0 radical (unpaired) electrons. The molecule has 0 amide bonds. The van der Waals surface area contributed by atoms with Crippen LogP contribution in [0.25, 0.3) is 0 Å². The molecule has 88 valence electrons. The van der Waals surface area contributed by atoms with Crippen molar-refractivity contribution in [3.05, 3.63) is 0 Å². The number of rotatable bonds is 7. The van der Waals surface area contributed by atoms with Crippen LogP contribution < -0.4 is 0 Å². The first-order valence-electron chi connectivity index (χ1n) is 4.61. The third-order valence-electron chi connectivity index (χ3n) is 1.92. The minimum atomic E-state index is -0.341. The zero-order valence-electron chi connectivity index (χ0n) is 9.06. The molecule has 0 atom stereocenters. The Bertz CT molecular complexity index is 187. The molecule has 0 fully saturated rings. The highest BCUT2D eigenvalue weighted by atomic mass is 16.5. The summed E-state index contributed by atoms with van der Waals surface area (Å²) in [5, 5.41) is 8.92. The Kier molecular flexibility index (Phi) is 7.57. The number of hydrogen-bond donors (Lipinski definition) is 1. The Morgan fingerprint density at radius 3 is 1.73 bits per heavy atom. The zero-order valence-corrected chi connectivity index (χ0v) is 9.06. The first-order valence-corrected chi connectivity index (χ1v) is 4.61. The third kappa shape index (κ3) is 6.87. The average Bonchev–Trinajstić information content (AvgIpc) is 2.28. The maximum Gasteiger partial charge on any atom is 0.306 e. The monoisotopic (exact) mass is 219 g/mol. The number of aliphatic hydroxyl groups is 1. The predicted molar refractivity (Wildman–Crippen MR) is 51.9 cm³/mol. The highest BCUT2D eigenvalue weighted by molar-refractivity contribution is 5.70. The summed E-state index contributed by atoms with van der Waals surface area (Å²) in [5.41, 5.74) is 0. The second kappa shape index (κ2) is 8.19. The van der Waals surface area contributed by atoms with Crippen LogP contribution in [0.5, 0.6) is 0 Å². The molecular formula is C9H17NO5. The summed E-state index contributed by atoms with van der Waals surface area (Å²) in [6, 6.07) is 0. The average molecular weight is 219 g/mol. The number of ether oxygens (including phenoxy) is 2. The van der Waals surface area contributed by atoms with E-state index in [1.54, 1.807) is 4.90 Å². The maximum absolute atomic E-state index is 10.8. The second-order valence-corrected chi connectivity index (χ2v) is 2.91. The Morgan fingerprint density at radius 1 is 1.07 bits per heavy atom. The first-order chi connectivity index (χ1) is 7.13. The molecule has 0 spiro atoms. The van der Waals surface area contributed by atoms with Crippen molar-refractivity contribution < 1.29 is 24.2 Å². The summed E-state index contributed by atoms with van der Waals surface area (Å²) < 4.78 is 8.91. The van der Waals surface area contributed by atoms with E-state index < -0.39 is 0 Å². The molecule has 0 aliphatic carbocycles. The molecule has 6 nitrogen and oxygen atoms in total. The number of methoxy groups -OCH3 is 2. The maximum atomic E-state index is 10.8. The van der Waals surface area contributed by atoms with Gasteiger partial charge in [0.25, 0.3) is 0 Å². The van der Waals surface area contributed by atoms with Crippen LogP contribution in [0.2, 0.25) is 0 Å². The third-order valence-corrected chi connectivity index (χ3v) is 1.92. The standard InChI is InChI=1S/C9H17NO5/c1-14-8(12)3-5-10(7-11)6-4-9(13)15-2/h11H,3-7H2,1-2H3. The van der Waals surface area contributed by atoms with Crippen molar-refractivity contribution >= 4 is 11.9 Å². The molecule has 0 aromatic rings. The summed E-state index contributed by atoms with van der Waals surface area (Å²) >= 11 is 0. The van der Waals surface area contributed by atoms with Crippen LogP contribution in [0.4, 0.5) is 0 Å². The number of nitrogens with zero attached hydrogens (tertiary/aromatic N) is 1. The number of hydrogen-bond acceptors (Lipinski definition) is 6. The molecule has 1 N–H and O–H groups in total. The fraction of sp³-hybridized carbons (Fsp3) is 0.778. The van der Waals surface area contributed by atoms with Gasteiger partial charge in [0.2, 0.25) is 0 Å². The highest BCUT2D eigenvalue weighted by Crippen LogP contribution is 1.95. The minimum absolute atomic E-state index is 0.193. The molecular weight excluding hydrogens is 202 g/mol. The zero-order chi connectivity index (χ0) is 11.7. The van der Waals surface area contributed by atoms with Crippen LogP contribution in [-0.4, -0.2) is 56.0 Å². The SMILES string of the molecule is COC(=O)CCN(CO)CCC(=O)OC. The molecule has 0 unspecified atom stereocenters. The van der Waals surface area contributed by atoms with Crippen LogP contribution in [0, 0.1) is 0 Å². The van der Waals surface area contributed by atoms with Gasteiger partial charge >= 0.3 is 11.9 Å². The van der Waals surface area contributed by atoms with E-state index in [2.05, 4.69) is 9.47 Å². The fourth-order valence-electron chi connectivity index (χ4n) is 0.956. The molecule has 15 heavy (non-hydrogen) atoms. The summed E-state index contributed by atoms with van der Waals surface area (Å²) in [6.45, 7) is 0.522. The van der Waals surface area contributed by atoms with Crippen molar-refractivity contribution in [3.8, 4) is 0 Å². The van der Waals surface area contributed by atoms with E-state index >= 15 is 0 Å². The topological polar surface area (TPSA) is 76.1 Å². The molecule has 0 saturated heterocycles. The molecule has 6 heteroatoms. The Hall–Kier alpha value is -1.14. The van der Waals surface area contributed by atoms with Crippen molar-refractivity contribution in [2.45, 2.75) is 12.8 Å². The minimum Gasteiger partial charge on any atom is -0.469 e. The Morgan fingerprint density at radius 2 is 1.47 bits per heavy atom. The van der Waals surface area contributed by atoms with Gasteiger partial charge in [-0.25, -0.2) is 0 Å². The van der Waals surface area contributed by atoms with Crippen molar-refractivity contribution in [3.63, 3.8) is 0 Å². The fourth-order valence-corrected chi connectivity index (χ4v) is 0.956. The second-order valence-electron chi connectivity index (χ2n) is 2.91. The van der Waals surface area contributed by atoms with Crippen molar-refractivity contribution in [1.29, 1.82) is 0 Å². The van der Waals surface area contributed by atoms with Gasteiger partial charge in [0.05, 0.1) is 33.8 Å². The molecule has 0 aromatic heterocycles. The quantitative estimate of drug-likeness (QED) is 0.453. The van der Waals surface area contributed by atoms with Gasteiger partial charge in [-0.15, -0.1) is 0 Å². The largest absolute Gasteiger partial charge is 0.469 e. The summed E-state index contributed by atoms with van der Waals surface area (Å²) in [7, 11) is 2.61. The predicted octanol–water partition coefficient (Wildman–Crippen LogP) is -0.636. The summed E-state index contributed by atoms with van der Waals surface area (Å²) in [5.74, 6) is -0.682. The number of carbonyl (C=O) groups excluding carboxylic acids is 2. The van der Waals surface area contributed by atoms with Gasteiger partial charge in [-0.1, -0.05) is 0 Å². The number of aliphatic hydroxyl groups excluding tert-OH is 1. The molecule has 0 aliphatic rings. The number of esters is 2. The van der Waals surface area contributed by atoms with E-state index in [4.69, 9.17) is 5.11 Å². The van der Waals surface area contributed by atoms with Crippen molar-refractivity contribution in [2.75, 3.05) is 34.0 Å². The van der Waals surface area contributed by atoms with Gasteiger partial charge in [0.15, 0.2) is 0 Å². The molecule has 0 bridgehead atoms. The molecule has 0 heterocycles. The summed E-state index contributed by atoms with van der Waals surface area (Å²) in [4.78, 5) is 23.2. The van der Waals surface area contributed by atoms with Crippen molar-refractivity contribution in [2.24, 2.45) is 0 Å². The van der Waals surface area contributed by atoms with Crippen molar-refractivity contribution in [1.82, 2.24) is 4.90 Å². The highest BCUT2D eigenvalue weighted by Gasteiger charge is 2.09. The van der Waals surface area contributed by atoms with E-state index in [-0.39, 0.29) is 31.5 Å². The van der Waals surface area contributed by atoms with E-state index in [9.17, 15) is 9.59 Å². The lowest BCUT2D eigenvalue weighted by atomic mass is 10.3.